The van der Waals surface area contributed by atoms with Gasteiger partial charge in [0.1, 0.15) is 11.6 Å². The number of rotatable bonds is 6. The molecule has 7 nitrogen and oxygen atoms in total. The molecular weight excluding hydrogens is 335 g/mol. The average molecular weight is 354 g/mol. The Morgan fingerprint density at radius 3 is 2.73 bits per heavy atom. The van der Waals surface area contributed by atoms with Crippen LogP contribution in [0.25, 0.3) is 11.3 Å². The standard InChI is InChI=1S/C18H19FN6O/c1-21-16-9-12(6-7-22-16)15-10-17(25-24-15)23-18(26)14(20)8-11-2-4-13(19)5-3-11/h2-7,9-10,14H,8,20H2,1H3,(H,21,22)(H2,23,24,25,26). The van der Waals surface area contributed by atoms with Gasteiger partial charge in [-0.2, -0.15) is 5.10 Å². The number of halogens is 1. The van der Waals surface area contributed by atoms with E-state index < -0.39 is 6.04 Å². The van der Waals surface area contributed by atoms with Crippen LogP contribution in [0.3, 0.4) is 0 Å². The predicted octanol–water partition coefficient (Wildman–Crippen LogP) is 2.16. The molecule has 0 radical (unpaired) electrons. The van der Waals surface area contributed by atoms with E-state index in [1.165, 1.54) is 12.1 Å². The molecule has 1 unspecified atom stereocenters. The van der Waals surface area contributed by atoms with Gasteiger partial charge in [-0.15, -0.1) is 0 Å². The number of H-pyrrole nitrogens is 1. The van der Waals surface area contributed by atoms with Gasteiger partial charge in [0.2, 0.25) is 5.91 Å². The molecule has 1 aromatic carbocycles. The summed E-state index contributed by atoms with van der Waals surface area (Å²) in [6.07, 6.45) is 1.98. The molecule has 0 saturated carbocycles. The maximum Gasteiger partial charge on any atom is 0.242 e. The van der Waals surface area contributed by atoms with E-state index in [0.29, 0.717) is 12.2 Å². The van der Waals surface area contributed by atoms with Crippen molar-refractivity contribution in [3.63, 3.8) is 0 Å². The lowest BCUT2D eigenvalue weighted by atomic mass is 10.1. The van der Waals surface area contributed by atoms with E-state index >= 15 is 0 Å². The quantitative estimate of drug-likeness (QED) is 0.542. The topological polar surface area (TPSA) is 109 Å². The van der Waals surface area contributed by atoms with Crippen molar-refractivity contribution >= 4 is 17.5 Å². The number of amides is 1. The molecule has 0 fully saturated rings. The Labute approximate surface area is 149 Å². The molecule has 2 aromatic heterocycles. The van der Waals surface area contributed by atoms with E-state index in [4.69, 9.17) is 5.73 Å². The first kappa shape index (κ1) is 17.6. The second-order valence-electron chi connectivity index (χ2n) is 5.77. The van der Waals surface area contributed by atoms with Crippen molar-refractivity contribution < 1.29 is 9.18 Å². The van der Waals surface area contributed by atoms with Crippen LogP contribution in [-0.2, 0) is 11.2 Å². The first-order valence-corrected chi connectivity index (χ1v) is 8.05. The lowest BCUT2D eigenvalue weighted by Crippen LogP contribution is -2.37. The highest BCUT2D eigenvalue weighted by Crippen LogP contribution is 2.21. The van der Waals surface area contributed by atoms with E-state index in [-0.39, 0.29) is 11.7 Å². The molecule has 8 heteroatoms. The Morgan fingerprint density at radius 1 is 1.23 bits per heavy atom. The summed E-state index contributed by atoms with van der Waals surface area (Å²) in [6, 6.07) is 10.5. The molecule has 0 saturated heterocycles. The van der Waals surface area contributed by atoms with Gasteiger partial charge in [0.25, 0.3) is 0 Å². The number of pyridine rings is 1. The summed E-state index contributed by atoms with van der Waals surface area (Å²) in [4.78, 5) is 16.4. The number of hydrogen-bond donors (Lipinski definition) is 4. The fraction of sp³-hybridized carbons (Fsp3) is 0.167. The molecule has 3 aromatic rings. The van der Waals surface area contributed by atoms with Gasteiger partial charge in [0, 0.05) is 24.9 Å². The SMILES string of the molecule is CNc1cc(-c2cc(NC(=O)C(N)Cc3ccc(F)cc3)n[nH]2)ccn1. The number of nitrogens with one attached hydrogen (secondary N) is 3. The molecule has 3 rings (SSSR count). The fourth-order valence-corrected chi connectivity index (χ4v) is 2.45. The van der Waals surface area contributed by atoms with Crippen LogP contribution in [-0.4, -0.2) is 34.2 Å². The number of nitrogens with zero attached hydrogens (tertiary/aromatic N) is 2. The Balaban J connectivity index is 1.64. The number of aromatic amines is 1. The molecule has 134 valence electrons. The van der Waals surface area contributed by atoms with Gasteiger partial charge >= 0.3 is 0 Å². The molecule has 0 bridgehead atoms. The number of anilines is 2. The Morgan fingerprint density at radius 2 is 2.00 bits per heavy atom. The monoisotopic (exact) mass is 354 g/mol. The number of carbonyl (C=O) groups is 1. The third-order valence-corrected chi connectivity index (χ3v) is 3.86. The molecule has 0 aliphatic carbocycles. The summed E-state index contributed by atoms with van der Waals surface area (Å²) >= 11 is 0. The maximum atomic E-state index is 12.9. The van der Waals surface area contributed by atoms with E-state index in [1.807, 2.05) is 12.1 Å². The van der Waals surface area contributed by atoms with Crippen LogP contribution in [0, 0.1) is 5.82 Å². The van der Waals surface area contributed by atoms with E-state index in [2.05, 4.69) is 25.8 Å². The van der Waals surface area contributed by atoms with Crippen LogP contribution in [0.1, 0.15) is 5.56 Å². The van der Waals surface area contributed by atoms with Crippen LogP contribution in [0.15, 0.2) is 48.7 Å². The average Bonchev–Trinajstić information content (AvgIpc) is 3.12. The zero-order valence-electron chi connectivity index (χ0n) is 14.2. The minimum absolute atomic E-state index is 0.305. The van der Waals surface area contributed by atoms with E-state index in [0.717, 1.165) is 22.6 Å². The number of carbonyl (C=O) groups excluding carboxylic acids is 1. The van der Waals surface area contributed by atoms with Crippen molar-refractivity contribution in [3.05, 3.63) is 60.0 Å². The predicted molar refractivity (Wildman–Crippen MR) is 98.1 cm³/mol. The second kappa shape index (κ2) is 7.75. The zero-order chi connectivity index (χ0) is 18.5. The van der Waals surface area contributed by atoms with E-state index in [1.54, 1.807) is 31.4 Å². The van der Waals surface area contributed by atoms with E-state index in [9.17, 15) is 9.18 Å². The van der Waals surface area contributed by atoms with Gasteiger partial charge in [-0.25, -0.2) is 9.37 Å². The van der Waals surface area contributed by atoms with Crippen molar-refractivity contribution in [1.82, 2.24) is 15.2 Å². The molecule has 1 amide bonds. The number of benzene rings is 1. The molecule has 26 heavy (non-hydrogen) atoms. The zero-order valence-corrected chi connectivity index (χ0v) is 14.2. The van der Waals surface area contributed by atoms with Crippen LogP contribution in [0.2, 0.25) is 0 Å². The van der Waals surface area contributed by atoms with Crippen molar-refractivity contribution in [2.75, 3.05) is 17.7 Å². The normalized spacial score (nSPS) is 11.8. The summed E-state index contributed by atoms with van der Waals surface area (Å²) in [5, 5.41) is 12.6. The first-order valence-electron chi connectivity index (χ1n) is 8.05. The Hall–Kier alpha value is -3.26. The Kier molecular flexibility index (Phi) is 5.23. The molecule has 0 spiro atoms. The number of nitrogens with two attached hydrogens (primary N) is 1. The molecule has 2 heterocycles. The molecule has 1 atom stereocenters. The minimum atomic E-state index is -0.766. The van der Waals surface area contributed by atoms with Crippen LogP contribution >= 0.6 is 0 Å². The Bertz CT molecular complexity index is 893. The summed E-state index contributed by atoms with van der Waals surface area (Å²) in [6.45, 7) is 0. The number of aromatic nitrogens is 3. The minimum Gasteiger partial charge on any atom is -0.373 e. The highest BCUT2D eigenvalue weighted by molar-refractivity contribution is 5.94. The van der Waals surface area contributed by atoms with Gasteiger partial charge in [-0.1, -0.05) is 12.1 Å². The van der Waals surface area contributed by atoms with Crippen LogP contribution in [0.5, 0.6) is 0 Å². The van der Waals surface area contributed by atoms with Crippen LogP contribution < -0.4 is 16.4 Å². The van der Waals surface area contributed by atoms with Crippen molar-refractivity contribution in [3.8, 4) is 11.3 Å². The molecule has 0 aliphatic rings. The lowest BCUT2D eigenvalue weighted by molar-refractivity contribution is -0.117. The van der Waals surface area contributed by atoms with Gasteiger partial charge in [-0.05, 0) is 36.2 Å². The summed E-state index contributed by atoms with van der Waals surface area (Å²) in [7, 11) is 1.78. The van der Waals surface area contributed by atoms with Gasteiger partial charge in [0.05, 0.1) is 11.7 Å². The highest BCUT2D eigenvalue weighted by Gasteiger charge is 2.16. The van der Waals surface area contributed by atoms with Crippen molar-refractivity contribution in [1.29, 1.82) is 0 Å². The third-order valence-electron chi connectivity index (χ3n) is 3.86. The summed E-state index contributed by atoms with van der Waals surface area (Å²) in [5.74, 6) is 0.415. The highest BCUT2D eigenvalue weighted by atomic mass is 19.1. The molecular formula is C18H19FN6O. The maximum absolute atomic E-state index is 12.9. The largest absolute Gasteiger partial charge is 0.373 e. The third kappa shape index (κ3) is 4.22. The van der Waals surface area contributed by atoms with Crippen molar-refractivity contribution in [2.45, 2.75) is 12.5 Å². The number of hydrogen-bond acceptors (Lipinski definition) is 5. The van der Waals surface area contributed by atoms with Gasteiger partial charge in [-0.3, -0.25) is 9.89 Å². The van der Waals surface area contributed by atoms with Gasteiger partial charge < -0.3 is 16.4 Å². The smallest absolute Gasteiger partial charge is 0.242 e. The van der Waals surface area contributed by atoms with Gasteiger partial charge in [0.15, 0.2) is 5.82 Å². The molecule has 0 aliphatic heterocycles. The molecule has 5 N–H and O–H groups in total. The lowest BCUT2D eigenvalue weighted by Gasteiger charge is -2.10. The second-order valence-corrected chi connectivity index (χ2v) is 5.77. The summed E-state index contributed by atoms with van der Waals surface area (Å²) in [5.41, 5.74) is 8.34. The first-order chi connectivity index (χ1) is 12.5. The van der Waals surface area contributed by atoms with Crippen molar-refractivity contribution in [2.24, 2.45) is 5.73 Å². The summed E-state index contributed by atoms with van der Waals surface area (Å²) < 4.78 is 12.9. The fourth-order valence-electron chi connectivity index (χ4n) is 2.45. The van der Waals surface area contributed by atoms with Crippen LogP contribution in [0.4, 0.5) is 16.0 Å².